The van der Waals surface area contributed by atoms with Gasteiger partial charge < -0.3 is 9.47 Å². The molecule has 0 atom stereocenters. The summed E-state index contributed by atoms with van der Waals surface area (Å²) < 4.78 is 1.99. The van der Waals surface area contributed by atoms with Gasteiger partial charge in [-0.3, -0.25) is 19.3 Å². The molecule has 3 amide bonds. The molecule has 1 aromatic heterocycles. The second-order valence-corrected chi connectivity index (χ2v) is 8.29. The van der Waals surface area contributed by atoms with Gasteiger partial charge in [0, 0.05) is 30.7 Å². The summed E-state index contributed by atoms with van der Waals surface area (Å²) >= 11 is 0.891. The van der Waals surface area contributed by atoms with Crippen molar-refractivity contribution >= 4 is 34.9 Å². The molecule has 3 heterocycles. The highest BCUT2D eigenvalue weighted by Crippen LogP contribution is 2.33. The predicted octanol–water partition coefficient (Wildman–Crippen LogP) is 3.83. The van der Waals surface area contributed by atoms with Gasteiger partial charge in [0.25, 0.3) is 11.1 Å². The van der Waals surface area contributed by atoms with Gasteiger partial charge in [-0.05, 0) is 67.8 Å². The molecule has 4 rings (SSSR count). The minimum atomic E-state index is -0.400. The SMILES string of the molecule is Cc1ccccc1-n1cccc1C=C1SC(=O)N(CC(=O)N2CCCCC2)C1=O. The molecule has 0 radical (unpaired) electrons. The summed E-state index contributed by atoms with van der Waals surface area (Å²) in [5.74, 6) is -0.556. The molecule has 2 saturated heterocycles. The van der Waals surface area contributed by atoms with Crippen LogP contribution in [0.5, 0.6) is 0 Å². The van der Waals surface area contributed by atoms with Crippen molar-refractivity contribution in [3.63, 3.8) is 0 Å². The van der Waals surface area contributed by atoms with Crippen molar-refractivity contribution in [1.29, 1.82) is 0 Å². The van der Waals surface area contributed by atoms with Gasteiger partial charge >= 0.3 is 0 Å². The van der Waals surface area contributed by atoms with Crippen LogP contribution in [0.4, 0.5) is 4.79 Å². The molecule has 0 unspecified atom stereocenters. The number of carbonyl (C=O) groups excluding carboxylic acids is 3. The van der Waals surface area contributed by atoms with Crippen molar-refractivity contribution in [1.82, 2.24) is 14.4 Å². The normalized spacial score (nSPS) is 18.7. The number of piperidine rings is 1. The number of nitrogens with zero attached hydrogens (tertiary/aromatic N) is 3. The van der Waals surface area contributed by atoms with Crippen LogP contribution in [0.2, 0.25) is 0 Å². The van der Waals surface area contributed by atoms with E-state index in [9.17, 15) is 14.4 Å². The van der Waals surface area contributed by atoms with Gasteiger partial charge in [0.15, 0.2) is 0 Å². The maximum absolute atomic E-state index is 12.8. The Labute approximate surface area is 174 Å². The minimum absolute atomic E-state index is 0.156. The zero-order valence-electron chi connectivity index (χ0n) is 16.3. The fourth-order valence-corrected chi connectivity index (χ4v) is 4.54. The van der Waals surface area contributed by atoms with Crippen molar-refractivity contribution in [2.75, 3.05) is 19.6 Å². The maximum Gasteiger partial charge on any atom is 0.294 e. The molecular weight excluding hydrogens is 386 g/mol. The largest absolute Gasteiger partial charge is 0.341 e. The Morgan fingerprint density at radius 3 is 2.59 bits per heavy atom. The van der Waals surface area contributed by atoms with E-state index in [2.05, 4.69) is 0 Å². The third kappa shape index (κ3) is 4.00. The van der Waals surface area contributed by atoms with E-state index in [1.54, 1.807) is 11.0 Å². The monoisotopic (exact) mass is 409 g/mol. The Morgan fingerprint density at radius 1 is 1.07 bits per heavy atom. The van der Waals surface area contributed by atoms with E-state index in [1.807, 2.05) is 54.1 Å². The lowest BCUT2D eigenvalue weighted by Gasteiger charge is -2.27. The highest BCUT2D eigenvalue weighted by Gasteiger charge is 2.37. The molecule has 29 heavy (non-hydrogen) atoms. The second kappa shape index (κ2) is 8.29. The summed E-state index contributed by atoms with van der Waals surface area (Å²) in [4.78, 5) is 40.9. The van der Waals surface area contributed by atoms with E-state index < -0.39 is 5.91 Å². The quantitative estimate of drug-likeness (QED) is 0.720. The maximum atomic E-state index is 12.8. The molecule has 0 aliphatic carbocycles. The Hall–Kier alpha value is -2.80. The van der Waals surface area contributed by atoms with E-state index in [4.69, 9.17) is 0 Å². The number of imide groups is 1. The highest BCUT2D eigenvalue weighted by molar-refractivity contribution is 8.18. The van der Waals surface area contributed by atoms with Gasteiger partial charge in [-0.15, -0.1) is 0 Å². The number of aryl methyl sites for hydroxylation is 1. The average Bonchev–Trinajstić information content (AvgIpc) is 3.29. The molecular formula is C22H23N3O3S. The zero-order valence-corrected chi connectivity index (χ0v) is 17.2. The molecule has 2 aliphatic heterocycles. The lowest BCUT2D eigenvalue weighted by molar-refractivity contribution is -0.136. The van der Waals surface area contributed by atoms with Crippen LogP contribution >= 0.6 is 11.8 Å². The van der Waals surface area contributed by atoms with E-state index in [-0.39, 0.29) is 17.7 Å². The Morgan fingerprint density at radius 2 is 1.83 bits per heavy atom. The van der Waals surface area contributed by atoms with Crippen molar-refractivity contribution in [3.05, 3.63) is 58.8 Å². The standard InChI is InChI=1S/C22H23N3O3S/c1-16-8-3-4-10-18(16)24-13-7-9-17(24)14-19-21(27)25(22(28)29-19)15-20(26)23-11-5-2-6-12-23/h3-4,7-10,13-14H,2,5-6,11-12,15H2,1H3. The van der Waals surface area contributed by atoms with Crippen LogP contribution in [0.1, 0.15) is 30.5 Å². The fraction of sp³-hybridized carbons (Fsp3) is 0.318. The van der Waals surface area contributed by atoms with Crippen LogP contribution in [0, 0.1) is 6.92 Å². The van der Waals surface area contributed by atoms with E-state index in [0.29, 0.717) is 18.0 Å². The lowest BCUT2D eigenvalue weighted by Crippen LogP contribution is -2.44. The van der Waals surface area contributed by atoms with Crippen LogP contribution in [0.25, 0.3) is 11.8 Å². The van der Waals surface area contributed by atoms with Gasteiger partial charge in [0.05, 0.1) is 4.91 Å². The smallest absolute Gasteiger partial charge is 0.294 e. The van der Waals surface area contributed by atoms with Crippen molar-refractivity contribution in [3.8, 4) is 5.69 Å². The lowest BCUT2D eigenvalue weighted by atomic mass is 10.1. The number of rotatable bonds is 4. The molecule has 2 fully saturated rings. The van der Waals surface area contributed by atoms with Crippen molar-refractivity contribution in [2.45, 2.75) is 26.2 Å². The number of thioether (sulfide) groups is 1. The molecule has 2 aliphatic rings. The fourth-order valence-electron chi connectivity index (χ4n) is 3.71. The van der Waals surface area contributed by atoms with Gasteiger partial charge in [-0.2, -0.15) is 0 Å². The molecule has 0 bridgehead atoms. The third-order valence-corrected chi connectivity index (χ3v) is 6.22. The van der Waals surface area contributed by atoms with Gasteiger partial charge in [-0.25, -0.2) is 0 Å². The number of likely N-dealkylation sites (tertiary alicyclic amines) is 1. The molecule has 150 valence electrons. The van der Waals surface area contributed by atoms with Crippen LogP contribution in [-0.4, -0.2) is 51.1 Å². The second-order valence-electron chi connectivity index (χ2n) is 7.30. The summed E-state index contributed by atoms with van der Waals surface area (Å²) in [6.07, 6.45) is 6.72. The number of para-hydroxylation sites is 1. The minimum Gasteiger partial charge on any atom is -0.341 e. The van der Waals surface area contributed by atoms with Crippen molar-refractivity contribution < 1.29 is 14.4 Å². The Kier molecular flexibility index (Phi) is 5.58. The summed E-state index contributed by atoms with van der Waals surface area (Å²) in [6.45, 7) is 3.25. The van der Waals surface area contributed by atoms with Gasteiger partial charge in [0.1, 0.15) is 6.54 Å². The molecule has 0 N–H and O–H groups in total. The molecule has 6 nitrogen and oxygen atoms in total. The first-order chi connectivity index (χ1) is 14.0. The van der Waals surface area contributed by atoms with Gasteiger partial charge in [-0.1, -0.05) is 18.2 Å². The number of carbonyl (C=O) groups is 3. The van der Waals surface area contributed by atoms with E-state index in [1.165, 1.54) is 0 Å². The van der Waals surface area contributed by atoms with Gasteiger partial charge in [0.2, 0.25) is 5.91 Å². The first-order valence-electron chi connectivity index (χ1n) is 9.81. The third-order valence-electron chi connectivity index (χ3n) is 5.31. The van der Waals surface area contributed by atoms with Crippen LogP contribution in [-0.2, 0) is 9.59 Å². The Balaban J connectivity index is 1.54. The number of aromatic nitrogens is 1. The summed E-state index contributed by atoms with van der Waals surface area (Å²) in [5.41, 5.74) is 2.94. The average molecular weight is 410 g/mol. The molecule has 7 heteroatoms. The number of hydrogen-bond acceptors (Lipinski definition) is 4. The van der Waals surface area contributed by atoms with Crippen LogP contribution < -0.4 is 0 Å². The summed E-state index contributed by atoms with van der Waals surface area (Å²) in [5, 5.41) is -0.388. The zero-order chi connectivity index (χ0) is 20.4. The summed E-state index contributed by atoms with van der Waals surface area (Å²) in [6, 6.07) is 11.8. The Bertz CT molecular complexity index is 989. The first-order valence-corrected chi connectivity index (χ1v) is 10.6. The van der Waals surface area contributed by atoms with E-state index >= 15 is 0 Å². The molecule has 0 spiro atoms. The topological polar surface area (TPSA) is 62.6 Å². The van der Waals surface area contributed by atoms with E-state index in [0.717, 1.165) is 52.9 Å². The molecule has 1 aromatic carbocycles. The predicted molar refractivity (Wildman–Crippen MR) is 114 cm³/mol. The number of amides is 3. The summed E-state index contributed by atoms with van der Waals surface area (Å²) in [7, 11) is 0. The highest BCUT2D eigenvalue weighted by atomic mass is 32.2. The van der Waals surface area contributed by atoms with Crippen LogP contribution in [0.15, 0.2) is 47.5 Å². The first kappa shape index (κ1) is 19.5. The number of benzene rings is 1. The van der Waals surface area contributed by atoms with Crippen molar-refractivity contribution in [2.24, 2.45) is 0 Å². The molecule has 0 saturated carbocycles. The molecule has 2 aromatic rings. The van der Waals surface area contributed by atoms with Crippen LogP contribution in [0.3, 0.4) is 0 Å². The number of hydrogen-bond donors (Lipinski definition) is 0.